The van der Waals surface area contributed by atoms with Crippen LogP contribution >= 0.6 is 0 Å². The number of nitriles is 1. The van der Waals surface area contributed by atoms with Gasteiger partial charge in [0.05, 0.1) is 22.1 Å². The largest absolute Gasteiger partial charge is 0.417 e. The van der Waals surface area contributed by atoms with Crippen LogP contribution in [0.2, 0.25) is 0 Å². The molecule has 0 spiro atoms. The van der Waals surface area contributed by atoms with E-state index in [1.807, 2.05) is 0 Å². The molecule has 1 amide bonds. The number of sulfonamides is 1. The molecule has 5 nitrogen and oxygen atoms in total. The van der Waals surface area contributed by atoms with Crippen molar-refractivity contribution in [3.05, 3.63) is 29.3 Å². The predicted molar refractivity (Wildman–Crippen MR) is 70.9 cm³/mol. The molecular formula is C13H13F3N2O3S. The Hall–Kier alpha value is -2.08. The average molecular weight is 334 g/mol. The van der Waals surface area contributed by atoms with Gasteiger partial charge >= 0.3 is 6.18 Å². The van der Waals surface area contributed by atoms with E-state index in [2.05, 4.69) is 0 Å². The van der Waals surface area contributed by atoms with E-state index in [0.29, 0.717) is 12.1 Å². The summed E-state index contributed by atoms with van der Waals surface area (Å²) in [6.07, 6.45) is -4.98. The molecule has 0 atom stereocenters. The molecule has 1 N–H and O–H groups in total. The van der Waals surface area contributed by atoms with Crippen molar-refractivity contribution in [3.8, 4) is 6.07 Å². The lowest BCUT2D eigenvalue weighted by atomic mass is 9.96. The van der Waals surface area contributed by atoms with Crippen LogP contribution < -0.4 is 4.72 Å². The van der Waals surface area contributed by atoms with Gasteiger partial charge in [-0.3, -0.25) is 4.79 Å². The Bertz CT molecular complexity index is 741. The monoisotopic (exact) mass is 334 g/mol. The number of hydrogen-bond acceptors (Lipinski definition) is 4. The molecule has 0 saturated carbocycles. The third-order valence-corrected chi connectivity index (χ3v) is 4.00. The van der Waals surface area contributed by atoms with Crippen molar-refractivity contribution in [1.82, 2.24) is 4.72 Å². The number of benzene rings is 1. The first kappa shape index (κ1) is 18.0. The molecule has 1 aromatic carbocycles. The highest BCUT2D eigenvalue weighted by Crippen LogP contribution is 2.35. The van der Waals surface area contributed by atoms with Crippen molar-refractivity contribution in [2.24, 2.45) is 5.41 Å². The summed E-state index contributed by atoms with van der Waals surface area (Å²) in [5.41, 5.74) is -2.94. The van der Waals surface area contributed by atoms with Gasteiger partial charge in [0.2, 0.25) is 5.91 Å². The Morgan fingerprint density at radius 3 is 2.18 bits per heavy atom. The van der Waals surface area contributed by atoms with E-state index < -0.39 is 38.0 Å². The van der Waals surface area contributed by atoms with Gasteiger partial charge in [0.15, 0.2) is 0 Å². The molecular weight excluding hydrogens is 321 g/mol. The van der Waals surface area contributed by atoms with E-state index in [4.69, 9.17) is 5.26 Å². The van der Waals surface area contributed by atoms with E-state index in [0.717, 1.165) is 6.07 Å². The Morgan fingerprint density at radius 2 is 1.77 bits per heavy atom. The lowest BCUT2D eigenvalue weighted by molar-refractivity contribution is -0.140. The fourth-order valence-electron chi connectivity index (χ4n) is 1.39. The number of rotatable bonds is 2. The van der Waals surface area contributed by atoms with Crippen LogP contribution in [-0.2, 0) is 21.0 Å². The molecule has 22 heavy (non-hydrogen) atoms. The smallest absolute Gasteiger partial charge is 0.273 e. The maximum absolute atomic E-state index is 13.0. The summed E-state index contributed by atoms with van der Waals surface area (Å²) in [4.78, 5) is 10.6. The summed E-state index contributed by atoms with van der Waals surface area (Å²) in [5.74, 6) is -0.940. The van der Waals surface area contributed by atoms with Gasteiger partial charge < -0.3 is 0 Å². The van der Waals surface area contributed by atoms with Gasteiger partial charge in [0.1, 0.15) is 0 Å². The number of amides is 1. The Labute approximate surface area is 125 Å². The van der Waals surface area contributed by atoms with Crippen molar-refractivity contribution >= 4 is 15.9 Å². The molecule has 0 aliphatic heterocycles. The average Bonchev–Trinajstić information content (AvgIpc) is 2.35. The predicted octanol–water partition coefficient (Wildman–Crippen LogP) is 2.43. The first-order valence-electron chi connectivity index (χ1n) is 5.97. The summed E-state index contributed by atoms with van der Waals surface area (Å²) < 4.78 is 64.6. The number of halogens is 3. The van der Waals surface area contributed by atoms with Crippen LogP contribution in [-0.4, -0.2) is 14.3 Å². The van der Waals surface area contributed by atoms with Crippen molar-refractivity contribution in [3.63, 3.8) is 0 Å². The van der Waals surface area contributed by atoms with Gasteiger partial charge in [-0.1, -0.05) is 20.8 Å². The molecule has 120 valence electrons. The minimum absolute atomic E-state index is 0.339. The third kappa shape index (κ3) is 3.98. The summed E-state index contributed by atoms with van der Waals surface area (Å²) in [5, 5.41) is 8.64. The normalized spacial score (nSPS) is 12.6. The summed E-state index contributed by atoms with van der Waals surface area (Å²) in [6.45, 7) is 4.25. The molecule has 1 aromatic rings. The topological polar surface area (TPSA) is 87.0 Å². The third-order valence-electron chi connectivity index (χ3n) is 2.61. The van der Waals surface area contributed by atoms with Crippen LogP contribution in [0, 0.1) is 16.7 Å². The van der Waals surface area contributed by atoms with Crippen LogP contribution in [0.25, 0.3) is 0 Å². The van der Waals surface area contributed by atoms with E-state index >= 15 is 0 Å². The van der Waals surface area contributed by atoms with Crippen molar-refractivity contribution in [1.29, 1.82) is 5.26 Å². The number of carbonyl (C=O) groups is 1. The second kappa shape index (κ2) is 5.61. The number of carbonyl (C=O) groups excluding carboxylic acids is 1. The standard InChI is InChI=1S/C13H13F3N2O3S/c1-12(2,3)11(19)18-22(20,21)10-5-4-8(7-17)6-9(10)13(14,15)16/h4-6H,1-3H3,(H,18,19). The molecule has 0 heterocycles. The summed E-state index contributed by atoms with van der Waals surface area (Å²) in [7, 11) is -4.71. The summed E-state index contributed by atoms with van der Waals surface area (Å²) >= 11 is 0. The van der Waals surface area contributed by atoms with Gasteiger partial charge in [0, 0.05) is 5.41 Å². The second-order valence-corrected chi connectivity index (χ2v) is 7.16. The van der Waals surface area contributed by atoms with E-state index in [1.165, 1.54) is 26.8 Å². The molecule has 0 unspecified atom stereocenters. The minimum atomic E-state index is -4.98. The van der Waals surface area contributed by atoms with Crippen LogP contribution in [0.15, 0.2) is 23.1 Å². The van der Waals surface area contributed by atoms with Crippen LogP contribution in [0.4, 0.5) is 13.2 Å². The number of nitrogens with one attached hydrogen (secondary N) is 1. The van der Waals surface area contributed by atoms with Crippen LogP contribution in [0.5, 0.6) is 0 Å². The fraction of sp³-hybridized carbons (Fsp3) is 0.385. The lowest BCUT2D eigenvalue weighted by Gasteiger charge is -2.19. The zero-order valence-corrected chi connectivity index (χ0v) is 12.8. The summed E-state index contributed by atoms with van der Waals surface area (Å²) in [6, 6.07) is 3.52. The molecule has 0 aliphatic carbocycles. The van der Waals surface area contributed by atoms with Crippen LogP contribution in [0.3, 0.4) is 0 Å². The lowest BCUT2D eigenvalue weighted by Crippen LogP contribution is -2.39. The quantitative estimate of drug-likeness (QED) is 0.900. The van der Waals surface area contributed by atoms with Crippen molar-refractivity contribution in [2.75, 3.05) is 0 Å². The molecule has 0 saturated heterocycles. The SMILES string of the molecule is CC(C)(C)C(=O)NS(=O)(=O)c1ccc(C#N)cc1C(F)(F)F. The Kier molecular flexibility index (Phi) is 4.58. The molecule has 0 bridgehead atoms. The molecule has 1 rings (SSSR count). The van der Waals surface area contributed by atoms with Gasteiger partial charge in [0.25, 0.3) is 10.0 Å². The number of alkyl halides is 3. The Balaban J connectivity index is 3.44. The van der Waals surface area contributed by atoms with Crippen molar-refractivity contribution < 1.29 is 26.4 Å². The highest BCUT2D eigenvalue weighted by molar-refractivity contribution is 7.90. The first-order chi connectivity index (χ1) is 9.79. The minimum Gasteiger partial charge on any atom is -0.273 e. The van der Waals surface area contributed by atoms with Gasteiger partial charge in [-0.15, -0.1) is 0 Å². The highest BCUT2D eigenvalue weighted by atomic mass is 32.2. The fourth-order valence-corrected chi connectivity index (χ4v) is 2.76. The molecule has 0 aliphatic rings. The Morgan fingerprint density at radius 1 is 1.23 bits per heavy atom. The maximum atomic E-state index is 13.0. The van der Waals surface area contributed by atoms with E-state index in [1.54, 1.807) is 4.72 Å². The highest BCUT2D eigenvalue weighted by Gasteiger charge is 2.38. The number of nitrogens with zero attached hydrogens (tertiary/aromatic N) is 1. The maximum Gasteiger partial charge on any atom is 0.417 e. The van der Waals surface area contributed by atoms with Crippen LogP contribution in [0.1, 0.15) is 31.9 Å². The van der Waals surface area contributed by atoms with Gasteiger partial charge in [-0.2, -0.15) is 18.4 Å². The molecule has 9 heteroatoms. The number of hydrogen-bond donors (Lipinski definition) is 1. The molecule has 0 aromatic heterocycles. The van der Waals surface area contributed by atoms with Crippen molar-refractivity contribution in [2.45, 2.75) is 31.8 Å². The zero-order valence-electron chi connectivity index (χ0n) is 11.9. The molecule has 0 radical (unpaired) electrons. The first-order valence-corrected chi connectivity index (χ1v) is 7.46. The zero-order chi connectivity index (χ0) is 17.3. The second-order valence-electron chi connectivity index (χ2n) is 5.51. The van der Waals surface area contributed by atoms with Gasteiger partial charge in [-0.05, 0) is 18.2 Å². The van der Waals surface area contributed by atoms with E-state index in [-0.39, 0.29) is 5.56 Å². The molecule has 0 fully saturated rings. The van der Waals surface area contributed by atoms with Gasteiger partial charge in [-0.25, -0.2) is 13.1 Å². The van der Waals surface area contributed by atoms with E-state index in [9.17, 15) is 26.4 Å².